The third kappa shape index (κ3) is 5.05. The highest BCUT2D eigenvalue weighted by molar-refractivity contribution is 5.94. The van der Waals surface area contributed by atoms with Crippen LogP contribution in [0.5, 0.6) is 0 Å². The Kier molecular flexibility index (Phi) is 6.33. The monoisotopic (exact) mass is 431 g/mol. The van der Waals surface area contributed by atoms with Crippen LogP contribution in [-0.4, -0.2) is 50.1 Å². The third-order valence-corrected chi connectivity index (χ3v) is 4.59. The van der Waals surface area contributed by atoms with Crippen LogP contribution in [0.2, 0.25) is 0 Å². The van der Waals surface area contributed by atoms with Crippen LogP contribution >= 0.6 is 0 Å². The van der Waals surface area contributed by atoms with Crippen molar-refractivity contribution in [1.29, 1.82) is 0 Å². The fourth-order valence-electron chi connectivity index (χ4n) is 3.04. The summed E-state index contributed by atoms with van der Waals surface area (Å²) in [7, 11) is 1.45. The topological polar surface area (TPSA) is 116 Å². The predicted octanol–water partition coefficient (Wildman–Crippen LogP) is 1.97. The molecule has 0 aliphatic rings. The first-order chi connectivity index (χ1) is 15.6. The molecule has 0 unspecified atom stereocenters. The average molecular weight is 431 g/mol. The Morgan fingerprint density at radius 1 is 1.03 bits per heavy atom. The summed E-state index contributed by atoms with van der Waals surface area (Å²) in [4.78, 5) is 28.2. The molecule has 2 aromatic heterocycles. The van der Waals surface area contributed by atoms with E-state index in [4.69, 9.17) is 4.74 Å². The number of rotatable bonds is 8. The molecule has 2 amide bonds. The van der Waals surface area contributed by atoms with Crippen molar-refractivity contribution in [3.8, 4) is 11.4 Å². The zero-order valence-electron chi connectivity index (χ0n) is 17.3. The molecule has 32 heavy (non-hydrogen) atoms. The van der Waals surface area contributed by atoms with Crippen molar-refractivity contribution >= 4 is 17.5 Å². The summed E-state index contributed by atoms with van der Waals surface area (Å²) in [6.45, 7) is 0.349. The summed E-state index contributed by atoms with van der Waals surface area (Å²) >= 11 is 0. The maximum absolute atomic E-state index is 12.6. The maximum Gasteiger partial charge on any atom is 0.251 e. The number of carbonyl (C=O) groups is 2. The number of amides is 2. The fraction of sp³-hybridized carbons (Fsp3) is 0.136. The fourth-order valence-corrected chi connectivity index (χ4v) is 3.04. The normalized spacial score (nSPS) is 10.7. The number of hydrogen-bond donors (Lipinski definition) is 2. The molecule has 0 bridgehead atoms. The first-order valence-electron chi connectivity index (χ1n) is 9.78. The molecule has 162 valence electrons. The summed E-state index contributed by atoms with van der Waals surface area (Å²) in [5, 5.41) is 13.9. The number of anilines is 1. The van der Waals surface area contributed by atoms with Crippen LogP contribution in [-0.2, 0) is 16.1 Å². The molecule has 2 N–H and O–H groups in total. The first-order valence-corrected chi connectivity index (χ1v) is 9.78. The number of hydrogen-bond acceptors (Lipinski definition) is 6. The highest BCUT2D eigenvalue weighted by Crippen LogP contribution is 2.14. The van der Waals surface area contributed by atoms with E-state index in [0.717, 1.165) is 11.3 Å². The van der Waals surface area contributed by atoms with E-state index in [2.05, 4.69) is 25.8 Å². The van der Waals surface area contributed by atoms with Crippen molar-refractivity contribution in [3.05, 3.63) is 84.7 Å². The maximum atomic E-state index is 12.6. The Balaban J connectivity index is 1.38. The Morgan fingerprint density at radius 2 is 1.88 bits per heavy atom. The van der Waals surface area contributed by atoms with Gasteiger partial charge in [-0.25, -0.2) is 14.3 Å². The second kappa shape index (κ2) is 9.67. The molecule has 0 fully saturated rings. The standard InChI is InChI=1S/C22H21N7O3/c1-32-13-21(30)27-18-11-25-28(12-18)20-4-2-3-17(9-20)22(31)24-10-16-5-7-19(8-6-16)29-15-23-14-26-29/h2-9,11-12,14-15H,10,13H2,1H3,(H,24,31)(H,27,30). The van der Waals surface area contributed by atoms with Gasteiger partial charge in [0.1, 0.15) is 19.3 Å². The van der Waals surface area contributed by atoms with Crippen LogP contribution < -0.4 is 10.6 Å². The Morgan fingerprint density at radius 3 is 2.62 bits per heavy atom. The van der Waals surface area contributed by atoms with Crippen molar-refractivity contribution in [2.45, 2.75) is 6.54 Å². The highest BCUT2D eigenvalue weighted by atomic mass is 16.5. The number of ether oxygens (including phenoxy) is 1. The smallest absolute Gasteiger partial charge is 0.251 e. The summed E-state index contributed by atoms with van der Waals surface area (Å²) in [6, 6.07) is 14.8. The second-order valence-corrected chi connectivity index (χ2v) is 6.89. The van der Waals surface area contributed by atoms with Gasteiger partial charge in [0.25, 0.3) is 5.91 Å². The molecule has 4 rings (SSSR count). The van der Waals surface area contributed by atoms with Crippen LogP contribution in [0.3, 0.4) is 0 Å². The molecule has 0 atom stereocenters. The molecular weight excluding hydrogens is 410 g/mol. The lowest BCUT2D eigenvalue weighted by Gasteiger charge is -2.08. The molecule has 2 heterocycles. The minimum atomic E-state index is -0.269. The molecule has 4 aromatic rings. The SMILES string of the molecule is COCC(=O)Nc1cnn(-c2cccc(C(=O)NCc3ccc(-n4cncn4)cc3)c2)c1. The van der Waals surface area contributed by atoms with E-state index >= 15 is 0 Å². The molecule has 0 radical (unpaired) electrons. The second-order valence-electron chi connectivity index (χ2n) is 6.89. The van der Waals surface area contributed by atoms with Crippen LogP contribution in [0.1, 0.15) is 15.9 Å². The number of carbonyl (C=O) groups excluding carboxylic acids is 2. The lowest BCUT2D eigenvalue weighted by Crippen LogP contribution is -2.22. The highest BCUT2D eigenvalue weighted by Gasteiger charge is 2.09. The van der Waals surface area contributed by atoms with Gasteiger partial charge in [-0.1, -0.05) is 18.2 Å². The third-order valence-electron chi connectivity index (χ3n) is 4.59. The summed E-state index contributed by atoms with van der Waals surface area (Å²) in [6.07, 6.45) is 6.30. The van der Waals surface area contributed by atoms with Gasteiger partial charge in [-0.05, 0) is 35.9 Å². The molecule has 2 aromatic carbocycles. The largest absolute Gasteiger partial charge is 0.375 e. The van der Waals surface area contributed by atoms with Crippen molar-refractivity contribution in [1.82, 2.24) is 29.9 Å². The van der Waals surface area contributed by atoms with Gasteiger partial charge in [-0.3, -0.25) is 9.59 Å². The zero-order valence-corrected chi connectivity index (χ0v) is 17.3. The van der Waals surface area contributed by atoms with E-state index in [1.165, 1.54) is 19.6 Å². The Bertz CT molecular complexity index is 1200. The Labute approximate surface area is 183 Å². The molecule has 0 spiro atoms. The van der Waals surface area contributed by atoms with Gasteiger partial charge in [0.2, 0.25) is 5.91 Å². The summed E-state index contributed by atoms with van der Waals surface area (Å²) < 4.78 is 8.05. The summed E-state index contributed by atoms with van der Waals surface area (Å²) in [5.41, 5.74) is 3.59. The number of benzene rings is 2. The first kappa shape index (κ1) is 20.9. The van der Waals surface area contributed by atoms with Crippen LogP contribution in [0.4, 0.5) is 5.69 Å². The van der Waals surface area contributed by atoms with Crippen LogP contribution in [0.25, 0.3) is 11.4 Å². The molecule has 10 heteroatoms. The van der Waals surface area contributed by atoms with Crippen LogP contribution in [0.15, 0.2) is 73.6 Å². The number of methoxy groups -OCH3 is 1. The van der Waals surface area contributed by atoms with Gasteiger partial charge in [0.15, 0.2) is 0 Å². The Hall–Kier alpha value is -4.31. The minimum absolute atomic E-state index is 0.0377. The van der Waals surface area contributed by atoms with E-state index in [-0.39, 0.29) is 18.4 Å². The number of nitrogens with one attached hydrogen (secondary N) is 2. The van der Waals surface area contributed by atoms with E-state index in [9.17, 15) is 9.59 Å². The quantitative estimate of drug-likeness (QED) is 0.441. The molecular formula is C22H21N7O3. The van der Waals surface area contributed by atoms with Crippen molar-refractivity contribution in [3.63, 3.8) is 0 Å². The van der Waals surface area contributed by atoms with Crippen molar-refractivity contribution in [2.24, 2.45) is 0 Å². The van der Waals surface area contributed by atoms with E-state index in [0.29, 0.717) is 23.5 Å². The summed E-state index contributed by atoms with van der Waals surface area (Å²) in [5.74, 6) is -0.470. The zero-order chi connectivity index (χ0) is 22.3. The van der Waals surface area contributed by atoms with Crippen molar-refractivity contribution in [2.75, 3.05) is 19.0 Å². The van der Waals surface area contributed by atoms with Gasteiger partial charge in [0.05, 0.1) is 29.5 Å². The molecule has 0 saturated heterocycles. The van der Waals surface area contributed by atoms with E-state index < -0.39 is 0 Å². The van der Waals surface area contributed by atoms with Gasteiger partial charge < -0.3 is 15.4 Å². The molecule has 0 aliphatic heterocycles. The van der Waals surface area contributed by atoms with Crippen molar-refractivity contribution < 1.29 is 14.3 Å². The molecule has 10 nitrogen and oxygen atoms in total. The lowest BCUT2D eigenvalue weighted by molar-refractivity contribution is -0.119. The van der Waals surface area contributed by atoms with Gasteiger partial charge in [-0.15, -0.1) is 0 Å². The average Bonchev–Trinajstić information content (AvgIpc) is 3.51. The van der Waals surface area contributed by atoms with Gasteiger partial charge in [0, 0.05) is 19.2 Å². The molecule has 0 aliphatic carbocycles. The molecule has 0 saturated carbocycles. The number of aromatic nitrogens is 5. The lowest BCUT2D eigenvalue weighted by atomic mass is 10.1. The minimum Gasteiger partial charge on any atom is -0.375 e. The van der Waals surface area contributed by atoms with Crippen LogP contribution in [0, 0.1) is 0 Å². The van der Waals surface area contributed by atoms with Gasteiger partial charge in [-0.2, -0.15) is 10.2 Å². The number of nitrogens with zero attached hydrogens (tertiary/aromatic N) is 5. The van der Waals surface area contributed by atoms with E-state index in [1.54, 1.807) is 40.1 Å². The van der Waals surface area contributed by atoms with E-state index in [1.807, 2.05) is 30.3 Å². The predicted molar refractivity (Wildman–Crippen MR) is 117 cm³/mol. The van der Waals surface area contributed by atoms with Gasteiger partial charge >= 0.3 is 0 Å².